The van der Waals surface area contributed by atoms with E-state index >= 15 is 0 Å². The summed E-state index contributed by atoms with van der Waals surface area (Å²) in [6.07, 6.45) is 1.12. The van der Waals surface area contributed by atoms with E-state index in [9.17, 15) is 18.0 Å². The van der Waals surface area contributed by atoms with Crippen LogP contribution in [-0.4, -0.2) is 43.8 Å². The lowest BCUT2D eigenvalue weighted by atomic mass is 10.1. The monoisotopic (exact) mass is 569 g/mol. The van der Waals surface area contributed by atoms with Gasteiger partial charge >= 0.3 is 0 Å². The van der Waals surface area contributed by atoms with Gasteiger partial charge in [-0.25, -0.2) is 8.42 Å². The normalized spacial score (nSPS) is 12.8. The van der Waals surface area contributed by atoms with E-state index in [0.29, 0.717) is 17.1 Å². The van der Waals surface area contributed by atoms with Gasteiger partial charge in [0.05, 0.1) is 10.6 Å². The number of para-hydroxylation sites is 1. The molecule has 0 aliphatic heterocycles. The average molecular weight is 570 g/mol. The molecule has 2 unspecified atom stereocenters. The Balaban J connectivity index is 2.03. The minimum Gasteiger partial charge on any atom is -0.352 e. The predicted molar refractivity (Wildman–Crippen MR) is 156 cm³/mol. The molecule has 0 saturated heterocycles. The van der Waals surface area contributed by atoms with Crippen molar-refractivity contribution in [2.24, 2.45) is 0 Å². The number of sulfonamides is 1. The van der Waals surface area contributed by atoms with Crippen molar-refractivity contribution in [3.63, 3.8) is 0 Å². The van der Waals surface area contributed by atoms with Crippen molar-refractivity contribution in [1.29, 1.82) is 0 Å². The minimum atomic E-state index is -4.13. The Morgan fingerprint density at radius 2 is 1.59 bits per heavy atom. The third-order valence-electron chi connectivity index (χ3n) is 6.55. The first-order valence-electron chi connectivity index (χ1n) is 13.1. The number of benzene rings is 3. The Hall–Kier alpha value is -3.36. The van der Waals surface area contributed by atoms with E-state index < -0.39 is 28.5 Å². The number of carbonyl (C=O) groups excluding carboxylic acids is 2. The van der Waals surface area contributed by atoms with Crippen LogP contribution in [0.25, 0.3) is 0 Å². The number of hydrogen-bond acceptors (Lipinski definition) is 4. The van der Waals surface area contributed by atoms with Gasteiger partial charge in [-0.05, 0) is 68.7 Å². The molecule has 0 aliphatic carbocycles. The number of carbonyl (C=O) groups is 2. The molecule has 2 atom stereocenters. The van der Waals surface area contributed by atoms with Crippen molar-refractivity contribution in [1.82, 2.24) is 10.2 Å². The van der Waals surface area contributed by atoms with Gasteiger partial charge in [0.2, 0.25) is 11.8 Å². The molecule has 0 spiro atoms. The van der Waals surface area contributed by atoms with Crippen LogP contribution in [0.5, 0.6) is 0 Å². The number of amides is 2. The summed E-state index contributed by atoms with van der Waals surface area (Å²) < 4.78 is 28.7. The molecule has 3 rings (SSSR count). The second-order valence-corrected chi connectivity index (χ2v) is 11.9. The Morgan fingerprint density at radius 3 is 2.18 bits per heavy atom. The molecule has 0 radical (unpaired) electrons. The Kier molecular flexibility index (Phi) is 10.5. The van der Waals surface area contributed by atoms with Crippen LogP contribution in [0, 0.1) is 6.92 Å². The van der Waals surface area contributed by atoms with E-state index in [-0.39, 0.29) is 23.4 Å². The third-order valence-corrected chi connectivity index (χ3v) is 8.59. The highest BCUT2D eigenvalue weighted by Crippen LogP contribution is 2.25. The van der Waals surface area contributed by atoms with Gasteiger partial charge in [0.1, 0.15) is 12.6 Å². The van der Waals surface area contributed by atoms with Gasteiger partial charge in [-0.2, -0.15) is 0 Å². The van der Waals surface area contributed by atoms with E-state index in [2.05, 4.69) is 5.32 Å². The van der Waals surface area contributed by atoms with Crippen LogP contribution in [-0.2, 0) is 26.2 Å². The van der Waals surface area contributed by atoms with Gasteiger partial charge in [-0.1, -0.05) is 73.5 Å². The van der Waals surface area contributed by atoms with Crippen LogP contribution >= 0.6 is 11.6 Å². The second kappa shape index (κ2) is 13.6. The lowest BCUT2D eigenvalue weighted by Gasteiger charge is -2.33. The fourth-order valence-corrected chi connectivity index (χ4v) is 5.76. The summed E-state index contributed by atoms with van der Waals surface area (Å²) >= 11 is 5.99. The molecule has 0 bridgehead atoms. The molecular formula is C30H36ClN3O4S. The van der Waals surface area contributed by atoms with Crippen molar-refractivity contribution in [2.75, 3.05) is 10.8 Å². The number of nitrogens with zero attached hydrogens (tertiary/aromatic N) is 2. The fraction of sp³-hybridized carbons (Fsp3) is 0.333. The molecule has 39 heavy (non-hydrogen) atoms. The van der Waals surface area contributed by atoms with Crippen molar-refractivity contribution in [2.45, 2.75) is 64.1 Å². The van der Waals surface area contributed by atoms with Gasteiger partial charge < -0.3 is 10.2 Å². The van der Waals surface area contributed by atoms with Crippen LogP contribution in [0.2, 0.25) is 5.02 Å². The van der Waals surface area contributed by atoms with Gasteiger partial charge in [-0.3, -0.25) is 13.9 Å². The lowest BCUT2D eigenvalue weighted by Crippen LogP contribution is -2.53. The minimum absolute atomic E-state index is 0.00958. The standard InChI is InChI=1S/C30H36ClN3O4S/c1-5-23(4)32-30(36)28(6-2)33(20-24-12-10-11-22(3)19-24)29(35)21-34(26-13-8-7-9-14-26)39(37,38)27-17-15-25(31)16-18-27/h7-19,23,28H,5-6,20-21H2,1-4H3,(H,32,36). The van der Waals surface area contributed by atoms with Crippen molar-refractivity contribution < 1.29 is 18.0 Å². The summed E-state index contributed by atoms with van der Waals surface area (Å²) in [5, 5.41) is 3.38. The number of rotatable bonds is 12. The molecule has 2 amide bonds. The molecule has 7 nitrogen and oxygen atoms in total. The topological polar surface area (TPSA) is 86.8 Å². The van der Waals surface area contributed by atoms with E-state index in [1.807, 2.05) is 52.0 Å². The van der Waals surface area contributed by atoms with Crippen LogP contribution in [0.15, 0.2) is 83.8 Å². The average Bonchev–Trinajstić information content (AvgIpc) is 2.92. The van der Waals surface area contributed by atoms with Gasteiger partial charge in [0.25, 0.3) is 10.0 Å². The molecule has 208 valence electrons. The number of hydrogen-bond donors (Lipinski definition) is 1. The second-order valence-electron chi connectivity index (χ2n) is 9.55. The smallest absolute Gasteiger partial charge is 0.264 e. The fourth-order valence-electron chi connectivity index (χ4n) is 4.22. The van der Waals surface area contributed by atoms with Crippen molar-refractivity contribution in [3.8, 4) is 0 Å². The molecular weight excluding hydrogens is 534 g/mol. The van der Waals surface area contributed by atoms with Crippen LogP contribution < -0.4 is 9.62 Å². The molecule has 0 aliphatic rings. The Bertz CT molecular complexity index is 1360. The van der Waals surface area contributed by atoms with Crippen LogP contribution in [0.3, 0.4) is 0 Å². The third kappa shape index (κ3) is 7.83. The summed E-state index contributed by atoms with van der Waals surface area (Å²) in [6.45, 7) is 7.37. The first kappa shape index (κ1) is 30.2. The van der Waals surface area contributed by atoms with E-state index in [1.165, 1.54) is 29.2 Å². The zero-order chi connectivity index (χ0) is 28.6. The molecule has 9 heteroatoms. The van der Waals surface area contributed by atoms with Crippen molar-refractivity contribution >= 4 is 39.1 Å². The lowest BCUT2D eigenvalue weighted by molar-refractivity contribution is -0.140. The first-order valence-corrected chi connectivity index (χ1v) is 14.9. The van der Waals surface area contributed by atoms with Gasteiger partial charge in [0.15, 0.2) is 0 Å². The highest BCUT2D eigenvalue weighted by molar-refractivity contribution is 7.92. The quantitative estimate of drug-likeness (QED) is 0.309. The molecule has 0 heterocycles. The van der Waals surface area contributed by atoms with Crippen LogP contribution in [0.1, 0.15) is 44.7 Å². The maximum atomic E-state index is 14.0. The first-order chi connectivity index (χ1) is 18.6. The number of aryl methyl sites for hydroxylation is 1. The highest BCUT2D eigenvalue weighted by atomic mass is 35.5. The molecule has 0 aromatic heterocycles. The Labute approximate surface area is 236 Å². The zero-order valence-electron chi connectivity index (χ0n) is 22.8. The molecule has 0 fully saturated rings. The van der Waals surface area contributed by atoms with Crippen molar-refractivity contribution in [3.05, 3.63) is 95.0 Å². The summed E-state index contributed by atoms with van der Waals surface area (Å²) in [5.41, 5.74) is 2.21. The van der Waals surface area contributed by atoms with Gasteiger partial charge in [-0.15, -0.1) is 0 Å². The largest absolute Gasteiger partial charge is 0.352 e. The van der Waals surface area contributed by atoms with E-state index in [1.54, 1.807) is 30.3 Å². The maximum absolute atomic E-state index is 14.0. The number of halogens is 1. The Morgan fingerprint density at radius 1 is 0.923 bits per heavy atom. The van der Waals surface area contributed by atoms with Gasteiger partial charge in [0, 0.05) is 17.6 Å². The number of nitrogens with one attached hydrogen (secondary N) is 1. The number of anilines is 1. The SMILES string of the molecule is CCC(C)NC(=O)C(CC)N(Cc1cccc(C)c1)C(=O)CN(c1ccccc1)S(=O)(=O)c1ccc(Cl)cc1. The summed E-state index contributed by atoms with van der Waals surface area (Å²) in [7, 11) is -4.13. The van der Waals surface area contributed by atoms with E-state index in [4.69, 9.17) is 11.6 Å². The molecule has 3 aromatic rings. The summed E-state index contributed by atoms with van der Waals surface area (Å²) in [4.78, 5) is 28.8. The zero-order valence-corrected chi connectivity index (χ0v) is 24.4. The van der Waals surface area contributed by atoms with Crippen LogP contribution in [0.4, 0.5) is 5.69 Å². The maximum Gasteiger partial charge on any atom is 0.264 e. The molecule has 3 aromatic carbocycles. The highest BCUT2D eigenvalue weighted by Gasteiger charge is 2.33. The summed E-state index contributed by atoms with van der Waals surface area (Å²) in [5.74, 6) is -0.747. The summed E-state index contributed by atoms with van der Waals surface area (Å²) in [6, 6.07) is 21.2. The molecule has 0 saturated carbocycles. The van der Waals surface area contributed by atoms with E-state index in [0.717, 1.165) is 21.9 Å². The molecule has 1 N–H and O–H groups in total. The predicted octanol–water partition coefficient (Wildman–Crippen LogP) is 5.57.